The maximum atomic E-state index is 12.0. The molecule has 1 aromatic rings. The van der Waals surface area contributed by atoms with E-state index < -0.39 is 0 Å². The van der Waals surface area contributed by atoms with Gasteiger partial charge in [-0.15, -0.1) is 11.8 Å². The molecule has 0 unspecified atom stereocenters. The van der Waals surface area contributed by atoms with Gasteiger partial charge in [0.05, 0.1) is 12.3 Å². The number of anilines is 1. The van der Waals surface area contributed by atoms with Crippen LogP contribution in [0.15, 0.2) is 27.6 Å². The molecule has 116 valence electrons. The van der Waals surface area contributed by atoms with Gasteiger partial charge in [-0.2, -0.15) is 0 Å². The van der Waals surface area contributed by atoms with E-state index in [-0.39, 0.29) is 24.1 Å². The Balaban J connectivity index is 2.43. The van der Waals surface area contributed by atoms with Crippen molar-refractivity contribution in [3.05, 3.63) is 22.7 Å². The summed E-state index contributed by atoms with van der Waals surface area (Å²) in [5.74, 6) is 0.0572. The standard InChI is InChI=1S/C14H20BrN3O2S/c1-3-6-17-13(19)8-18(2)14(20)9-21-12-5-4-10(16)7-11(12)15/h4-5,7H,3,6,8-9,16H2,1-2H3,(H,17,19). The molecule has 0 aliphatic carbocycles. The van der Waals surface area contributed by atoms with Gasteiger partial charge in [0.1, 0.15) is 0 Å². The number of rotatable bonds is 7. The predicted molar refractivity (Wildman–Crippen MR) is 90.2 cm³/mol. The van der Waals surface area contributed by atoms with Crippen LogP contribution < -0.4 is 11.1 Å². The molecule has 1 aromatic carbocycles. The smallest absolute Gasteiger partial charge is 0.239 e. The molecular weight excluding hydrogens is 354 g/mol. The third kappa shape index (κ3) is 6.39. The molecule has 1 rings (SSSR count). The summed E-state index contributed by atoms with van der Waals surface area (Å²) in [6.45, 7) is 2.70. The second kappa shape index (κ2) is 8.94. The van der Waals surface area contributed by atoms with Gasteiger partial charge in [-0.05, 0) is 40.5 Å². The quantitative estimate of drug-likeness (QED) is 0.566. The third-order valence-corrected chi connectivity index (χ3v) is 4.66. The summed E-state index contributed by atoms with van der Waals surface area (Å²) in [6, 6.07) is 5.46. The average Bonchev–Trinajstić information content (AvgIpc) is 2.43. The highest BCUT2D eigenvalue weighted by Gasteiger charge is 2.13. The van der Waals surface area contributed by atoms with Crippen molar-refractivity contribution in [1.82, 2.24) is 10.2 Å². The van der Waals surface area contributed by atoms with Crippen molar-refractivity contribution < 1.29 is 9.59 Å². The number of hydrogen-bond donors (Lipinski definition) is 2. The molecule has 0 saturated heterocycles. The Kier molecular flexibility index (Phi) is 7.60. The number of halogens is 1. The van der Waals surface area contributed by atoms with Crippen LogP contribution in [0.5, 0.6) is 0 Å². The molecule has 5 nitrogen and oxygen atoms in total. The van der Waals surface area contributed by atoms with E-state index in [1.807, 2.05) is 13.0 Å². The predicted octanol–water partition coefficient (Wildman–Crippen LogP) is 2.11. The third-order valence-electron chi connectivity index (χ3n) is 2.69. The Morgan fingerprint density at radius 1 is 1.43 bits per heavy atom. The Labute approximate surface area is 137 Å². The number of likely N-dealkylation sites (N-methyl/N-ethyl adjacent to an activating group) is 1. The molecule has 0 atom stereocenters. The minimum Gasteiger partial charge on any atom is -0.399 e. The van der Waals surface area contributed by atoms with Gasteiger partial charge in [0.2, 0.25) is 11.8 Å². The number of carbonyl (C=O) groups is 2. The van der Waals surface area contributed by atoms with Crippen LogP contribution >= 0.6 is 27.7 Å². The van der Waals surface area contributed by atoms with Crippen LogP contribution in [0.2, 0.25) is 0 Å². The molecule has 2 amide bonds. The Hall–Kier alpha value is -1.21. The number of hydrogen-bond acceptors (Lipinski definition) is 4. The van der Waals surface area contributed by atoms with Gasteiger partial charge in [0.25, 0.3) is 0 Å². The number of nitrogens with one attached hydrogen (secondary N) is 1. The lowest BCUT2D eigenvalue weighted by atomic mass is 10.3. The lowest BCUT2D eigenvalue weighted by Gasteiger charge is -2.16. The monoisotopic (exact) mass is 373 g/mol. The topological polar surface area (TPSA) is 75.4 Å². The van der Waals surface area contributed by atoms with E-state index in [1.54, 1.807) is 19.2 Å². The number of benzene rings is 1. The first kappa shape index (κ1) is 17.8. The Bertz CT molecular complexity index is 511. The second-order valence-corrected chi connectivity index (χ2v) is 6.45. The maximum absolute atomic E-state index is 12.0. The zero-order valence-electron chi connectivity index (χ0n) is 12.2. The van der Waals surface area contributed by atoms with Gasteiger partial charge in [0.15, 0.2) is 0 Å². The van der Waals surface area contributed by atoms with Crippen molar-refractivity contribution in [2.24, 2.45) is 0 Å². The zero-order chi connectivity index (χ0) is 15.8. The first-order valence-corrected chi connectivity index (χ1v) is 8.40. The van der Waals surface area contributed by atoms with E-state index in [0.717, 1.165) is 15.8 Å². The molecule has 0 saturated carbocycles. The highest BCUT2D eigenvalue weighted by Crippen LogP contribution is 2.29. The average molecular weight is 374 g/mol. The summed E-state index contributed by atoms with van der Waals surface area (Å²) in [4.78, 5) is 25.9. The largest absolute Gasteiger partial charge is 0.399 e. The van der Waals surface area contributed by atoms with Crippen molar-refractivity contribution in [2.45, 2.75) is 18.2 Å². The number of nitrogens with two attached hydrogens (primary N) is 1. The molecule has 0 heterocycles. The number of nitrogens with zero attached hydrogens (tertiary/aromatic N) is 1. The van der Waals surface area contributed by atoms with Crippen LogP contribution in [-0.4, -0.2) is 42.6 Å². The fraction of sp³-hybridized carbons (Fsp3) is 0.429. The number of carbonyl (C=O) groups excluding carboxylic acids is 2. The highest BCUT2D eigenvalue weighted by atomic mass is 79.9. The first-order valence-electron chi connectivity index (χ1n) is 6.62. The summed E-state index contributed by atoms with van der Waals surface area (Å²) in [6.07, 6.45) is 0.879. The van der Waals surface area contributed by atoms with Crippen LogP contribution in [0, 0.1) is 0 Å². The Morgan fingerprint density at radius 2 is 2.14 bits per heavy atom. The minimum absolute atomic E-state index is 0.0856. The van der Waals surface area contributed by atoms with Gasteiger partial charge >= 0.3 is 0 Å². The first-order chi connectivity index (χ1) is 9.93. The summed E-state index contributed by atoms with van der Waals surface area (Å²) in [7, 11) is 1.63. The van der Waals surface area contributed by atoms with E-state index in [2.05, 4.69) is 21.2 Å². The molecule has 0 bridgehead atoms. The van der Waals surface area contributed by atoms with E-state index in [0.29, 0.717) is 12.2 Å². The van der Waals surface area contributed by atoms with Gasteiger partial charge < -0.3 is 16.0 Å². The fourth-order valence-electron chi connectivity index (χ4n) is 1.51. The van der Waals surface area contributed by atoms with Gasteiger partial charge in [-0.3, -0.25) is 9.59 Å². The van der Waals surface area contributed by atoms with E-state index in [4.69, 9.17) is 5.73 Å². The lowest BCUT2D eigenvalue weighted by Crippen LogP contribution is -2.39. The number of nitrogen functional groups attached to an aromatic ring is 1. The van der Waals surface area contributed by atoms with Gasteiger partial charge in [-0.1, -0.05) is 6.92 Å². The minimum atomic E-state index is -0.133. The summed E-state index contributed by atoms with van der Waals surface area (Å²) in [5, 5.41) is 2.75. The summed E-state index contributed by atoms with van der Waals surface area (Å²) >= 11 is 4.82. The van der Waals surface area contributed by atoms with Crippen molar-refractivity contribution >= 4 is 45.2 Å². The van der Waals surface area contributed by atoms with Crippen LogP contribution in [0.25, 0.3) is 0 Å². The fourth-order valence-corrected chi connectivity index (χ4v) is 3.11. The molecule has 21 heavy (non-hydrogen) atoms. The van der Waals surface area contributed by atoms with Gasteiger partial charge in [0, 0.05) is 28.6 Å². The highest BCUT2D eigenvalue weighted by molar-refractivity contribution is 9.10. The molecule has 0 aliphatic heterocycles. The summed E-state index contributed by atoms with van der Waals surface area (Å²) < 4.78 is 0.864. The molecular formula is C14H20BrN3O2S. The summed E-state index contributed by atoms with van der Waals surface area (Å²) in [5.41, 5.74) is 6.34. The van der Waals surface area contributed by atoms with Crippen molar-refractivity contribution in [3.63, 3.8) is 0 Å². The van der Waals surface area contributed by atoms with Crippen molar-refractivity contribution in [1.29, 1.82) is 0 Å². The lowest BCUT2D eigenvalue weighted by molar-refractivity contribution is -0.132. The van der Waals surface area contributed by atoms with E-state index in [1.165, 1.54) is 16.7 Å². The Morgan fingerprint density at radius 3 is 2.76 bits per heavy atom. The molecule has 0 aromatic heterocycles. The van der Waals surface area contributed by atoms with Crippen molar-refractivity contribution in [2.75, 3.05) is 31.6 Å². The molecule has 0 radical (unpaired) electrons. The zero-order valence-corrected chi connectivity index (χ0v) is 14.6. The number of thioether (sulfide) groups is 1. The normalized spacial score (nSPS) is 10.2. The second-order valence-electron chi connectivity index (χ2n) is 4.58. The van der Waals surface area contributed by atoms with Crippen LogP contribution in [0.1, 0.15) is 13.3 Å². The van der Waals surface area contributed by atoms with Gasteiger partial charge in [-0.25, -0.2) is 0 Å². The molecule has 0 spiro atoms. The molecule has 7 heteroatoms. The van der Waals surface area contributed by atoms with Crippen molar-refractivity contribution in [3.8, 4) is 0 Å². The van der Waals surface area contributed by atoms with Crippen LogP contribution in [0.3, 0.4) is 0 Å². The number of amides is 2. The molecule has 0 fully saturated rings. The van der Waals surface area contributed by atoms with E-state index >= 15 is 0 Å². The van der Waals surface area contributed by atoms with Crippen LogP contribution in [0.4, 0.5) is 5.69 Å². The molecule has 0 aliphatic rings. The van der Waals surface area contributed by atoms with E-state index in [9.17, 15) is 9.59 Å². The maximum Gasteiger partial charge on any atom is 0.239 e. The van der Waals surface area contributed by atoms with Crippen LogP contribution in [-0.2, 0) is 9.59 Å². The molecule has 3 N–H and O–H groups in total. The SMILES string of the molecule is CCCNC(=O)CN(C)C(=O)CSc1ccc(N)cc1Br.